The fraction of sp³-hybridized carbons (Fsp3) is 0.214. The highest BCUT2D eigenvalue weighted by molar-refractivity contribution is 7.90. The maximum Gasteiger partial charge on any atom is 0.175 e. The average Bonchev–Trinajstić information content (AvgIpc) is 3.67. The molecule has 1 saturated heterocycles. The molecule has 51 heavy (non-hydrogen) atoms. The smallest absolute Gasteiger partial charge is 0.175 e. The van der Waals surface area contributed by atoms with Crippen LogP contribution in [0.4, 0.5) is 5.82 Å². The number of benzene rings is 4. The molecule has 0 saturated carbocycles. The van der Waals surface area contributed by atoms with Crippen LogP contribution in [0.5, 0.6) is 0 Å². The molecule has 0 radical (unpaired) electrons. The van der Waals surface area contributed by atoms with E-state index in [0.29, 0.717) is 4.90 Å². The first-order chi connectivity index (χ1) is 24.9. The molecule has 2 aromatic heterocycles. The molecule has 0 N–H and O–H groups in total. The van der Waals surface area contributed by atoms with E-state index < -0.39 is 15.4 Å². The number of hydrogen-bond acceptors (Lipinski definition) is 7. The molecule has 3 heterocycles. The van der Waals surface area contributed by atoms with Crippen molar-refractivity contribution >= 4 is 26.6 Å². The number of piperazine rings is 1. The predicted octanol–water partition coefficient (Wildman–Crippen LogP) is 7.14. The van der Waals surface area contributed by atoms with Crippen LogP contribution < -0.4 is 4.90 Å². The van der Waals surface area contributed by atoms with E-state index in [1.165, 1.54) is 17.4 Å². The molecule has 2 aliphatic rings. The largest absolute Gasteiger partial charge is 0.353 e. The molecule has 1 aliphatic carbocycles. The second kappa shape index (κ2) is 13.7. The van der Waals surface area contributed by atoms with Crippen molar-refractivity contribution in [2.24, 2.45) is 5.92 Å². The number of anilines is 1. The Labute approximate surface area is 299 Å². The zero-order valence-electron chi connectivity index (χ0n) is 28.6. The molecular formula is C42H40N6O2S. The van der Waals surface area contributed by atoms with E-state index in [9.17, 15) is 8.42 Å². The van der Waals surface area contributed by atoms with Crippen molar-refractivity contribution < 1.29 is 8.42 Å². The van der Waals surface area contributed by atoms with Gasteiger partial charge >= 0.3 is 0 Å². The Kier molecular flexibility index (Phi) is 8.83. The number of sulfone groups is 1. The van der Waals surface area contributed by atoms with Crippen molar-refractivity contribution in [1.29, 1.82) is 0 Å². The number of aromatic nitrogens is 4. The van der Waals surface area contributed by atoms with Crippen molar-refractivity contribution in [2.75, 3.05) is 37.3 Å². The first-order valence-electron chi connectivity index (χ1n) is 17.4. The molecule has 1 fully saturated rings. The third kappa shape index (κ3) is 6.39. The van der Waals surface area contributed by atoms with E-state index in [0.717, 1.165) is 72.6 Å². The van der Waals surface area contributed by atoms with E-state index in [4.69, 9.17) is 10.1 Å². The third-order valence-electron chi connectivity index (χ3n) is 10.3. The summed E-state index contributed by atoms with van der Waals surface area (Å²) in [4.78, 5) is 14.5. The quantitative estimate of drug-likeness (QED) is 0.159. The van der Waals surface area contributed by atoms with Crippen molar-refractivity contribution in [2.45, 2.75) is 23.4 Å². The lowest BCUT2D eigenvalue weighted by molar-refractivity contribution is 0.249. The first kappa shape index (κ1) is 32.8. The summed E-state index contributed by atoms with van der Waals surface area (Å²) >= 11 is 0. The second-order valence-corrected chi connectivity index (χ2v) is 15.5. The minimum absolute atomic E-state index is 0.155. The molecule has 9 heteroatoms. The van der Waals surface area contributed by atoms with Crippen molar-refractivity contribution in [3.63, 3.8) is 0 Å². The Balaban J connectivity index is 1.09. The molecule has 256 valence electrons. The fourth-order valence-corrected chi connectivity index (χ4v) is 8.29. The Morgan fingerprint density at radius 3 is 2.14 bits per heavy atom. The average molecular weight is 693 g/mol. The topological polar surface area (TPSA) is 84.2 Å². The molecule has 0 amide bonds. The Morgan fingerprint density at radius 2 is 1.49 bits per heavy atom. The lowest BCUT2D eigenvalue weighted by Crippen LogP contribution is -2.46. The molecule has 4 aromatic carbocycles. The van der Waals surface area contributed by atoms with Crippen LogP contribution >= 0.6 is 0 Å². The van der Waals surface area contributed by atoms with Gasteiger partial charge in [0.15, 0.2) is 9.84 Å². The Bertz CT molecular complexity index is 2270. The van der Waals surface area contributed by atoms with Gasteiger partial charge in [-0.05, 0) is 52.9 Å². The van der Waals surface area contributed by atoms with Gasteiger partial charge in [0, 0.05) is 62.0 Å². The number of nitrogens with zero attached hydrogens (tertiary/aromatic N) is 6. The van der Waals surface area contributed by atoms with Crippen LogP contribution in [0.15, 0.2) is 151 Å². The van der Waals surface area contributed by atoms with Crippen LogP contribution in [-0.2, 0) is 21.9 Å². The zero-order chi connectivity index (χ0) is 34.8. The van der Waals surface area contributed by atoms with Gasteiger partial charge in [0.2, 0.25) is 0 Å². The van der Waals surface area contributed by atoms with Gasteiger partial charge in [0.05, 0.1) is 16.6 Å². The SMILES string of the molecule is CS(=O)(=O)c1ccc(CN2CCN(c3ncnc4ccc(-c5cnn(C(c6ccccc6)(c6ccccc6)C6C=CC=CC6)c5)cc34)CC2)cc1. The molecule has 1 aliphatic heterocycles. The van der Waals surface area contributed by atoms with Gasteiger partial charge in [0.1, 0.15) is 17.7 Å². The van der Waals surface area contributed by atoms with Gasteiger partial charge in [0.25, 0.3) is 0 Å². The van der Waals surface area contributed by atoms with E-state index in [1.54, 1.807) is 18.5 Å². The van der Waals surface area contributed by atoms with Crippen LogP contribution in [0.3, 0.4) is 0 Å². The van der Waals surface area contributed by atoms with Crippen molar-refractivity contribution in [3.05, 3.63) is 163 Å². The minimum Gasteiger partial charge on any atom is -0.353 e. The fourth-order valence-electron chi connectivity index (χ4n) is 7.66. The number of hydrogen-bond donors (Lipinski definition) is 0. The normalized spacial score (nSPS) is 16.9. The summed E-state index contributed by atoms with van der Waals surface area (Å²) in [7, 11) is -3.20. The molecule has 8 rings (SSSR count). The van der Waals surface area contributed by atoms with E-state index >= 15 is 0 Å². The molecule has 8 nitrogen and oxygen atoms in total. The Hall–Kier alpha value is -5.38. The van der Waals surface area contributed by atoms with Gasteiger partial charge in [-0.2, -0.15) is 5.10 Å². The Morgan fingerprint density at radius 1 is 0.784 bits per heavy atom. The molecular weight excluding hydrogens is 653 g/mol. The second-order valence-electron chi connectivity index (χ2n) is 13.4. The van der Waals surface area contributed by atoms with Crippen LogP contribution in [0, 0.1) is 5.92 Å². The summed E-state index contributed by atoms with van der Waals surface area (Å²) in [5, 5.41) is 6.15. The maximum absolute atomic E-state index is 11.9. The lowest BCUT2D eigenvalue weighted by Gasteiger charge is -2.41. The standard InChI is InChI=1S/C42H40N6O2S/c1-51(49,50)38-20-17-32(18-21-38)29-46-23-25-47(26-24-46)41-39-27-33(19-22-40(39)43-31-44-41)34-28-45-48(30-34)42(35-11-5-2-6-12-35,36-13-7-3-8-14-36)37-15-9-4-10-16-37/h2-15,17-22,27-28,30-31,37H,16,23-26,29H2,1H3. The summed E-state index contributed by atoms with van der Waals surface area (Å²) in [6, 6.07) is 35.1. The molecule has 0 spiro atoms. The first-order valence-corrected chi connectivity index (χ1v) is 19.3. The summed E-state index contributed by atoms with van der Waals surface area (Å²) < 4.78 is 25.9. The summed E-state index contributed by atoms with van der Waals surface area (Å²) in [6.45, 7) is 4.18. The molecule has 1 unspecified atom stereocenters. The van der Waals surface area contributed by atoms with Crippen molar-refractivity contribution in [3.8, 4) is 11.1 Å². The number of allylic oxidation sites excluding steroid dienone is 4. The van der Waals surface area contributed by atoms with Gasteiger partial charge in [-0.3, -0.25) is 9.58 Å². The summed E-state index contributed by atoms with van der Waals surface area (Å²) in [5.74, 6) is 1.09. The van der Waals surface area contributed by atoms with Crippen LogP contribution in [0.25, 0.3) is 22.0 Å². The lowest BCUT2D eigenvalue weighted by atomic mass is 9.70. The summed E-state index contributed by atoms with van der Waals surface area (Å²) in [5.41, 5.74) is 5.94. The minimum atomic E-state index is -3.20. The molecule has 1 atom stereocenters. The highest BCUT2D eigenvalue weighted by Gasteiger charge is 2.43. The number of rotatable bonds is 9. The third-order valence-corrected chi connectivity index (χ3v) is 11.4. The van der Waals surface area contributed by atoms with Crippen molar-refractivity contribution in [1.82, 2.24) is 24.6 Å². The monoisotopic (exact) mass is 692 g/mol. The highest BCUT2D eigenvalue weighted by Crippen LogP contribution is 2.44. The van der Waals surface area contributed by atoms with Crippen LogP contribution in [0.2, 0.25) is 0 Å². The predicted molar refractivity (Wildman–Crippen MR) is 203 cm³/mol. The van der Waals surface area contributed by atoms with Gasteiger partial charge < -0.3 is 4.90 Å². The number of fused-ring (bicyclic) bond motifs is 1. The highest BCUT2D eigenvalue weighted by atomic mass is 32.2. The summed E-state index contributed by atoms with van der Waals surface area (Å²) in [6.07, 6.45) is 16.8. The van der Waals surface area contributed by atoms with Gasteiger partial charge in [-0.15, -0.1) is 0 Å². The maximum atomic E-state index is 11.9. The van der Waals surface area contributed by atoms with E-state index in [1.807, 2.05) is 18.3 Å². The molecule has 0 bridgehead atoms. The van der Waals surface area contributed by atoms with Gasteiger partial charge in [-0.25, -0.2) is 18.4 Å². The zero-order valence-corrected chi connectivity index (χ0v) is 29.4. The molecule has 6 aromatic rings. The van der Waals surface area contributed by atoms with E-state index in [-0.39, 0.29) is 5.92 Å². The van der Waals surface area contributed by atoms with Crippen LogP contribution in [0.1, 0.15) is 23.1 Å². The van der Waals surface area contributed by atoms with Gasteiger partial charge in [-0.1, -0.05) is 103 Å². The van der Waals surface area contributed by atoms with E-state index in [2.05, 4.69) is 129 Å². The van der Waals surface area contributed by atoms with Crippen LogP contribution in [-0.4, -0.2) is 65.5 Å².